The van der Waals surface area contributed by atoms with E-state index in [2.05, 4.69) is 4.74 Å². The van der Waals surface area contributed by atoms with Gasteiger partial charge in [-0.05, 0) is 72.5 Å². The van der Waals surface area contributed by atoms with Gasteiger partial charge in [-0.3, -0.25) is 0 Å². The first kappa shape index (κ1) is 24.5. The highest BCUT2D eigenvalue weighted by Crippen LogP contribution is 2.37. The number of benzene rings is 3. The van der Waals surface area contributed by atoms with Crippen LogP contribution in [-0.4, -0.2) is 0 Å². The second-order valence-corrected chi connectivity index (χ2v) is 7.44. The molecule has 0 fully saturated rings. The normalized spacial score (nSPS) is 12.0. The van der Waals surface area contributed by atoms with Crippen LogP contribution >= 0.6 is 0 Å². The average Bonchev–Trinajstić information content (AvgIpc) is 2.73. The Labute approximate surface area is 187 Å². The molecule has 0 atom stereocenters. The van der Waals surface area contributed by atoms with Crippen LogP contribution in [-0.2, 0) is 25.1 Å². The van der Waals surface area contributed by atoms with Crippen molar-refractivity contribution < 1.29 is 35.8 Å². The molecule has 0 aromatic heterocycles. The van der Waals surface area contributed by atoms with E-state index in [4.69, 9.17) is 4.74 Å². The Kier molecular flexibility index (Phi) is 7.25. The summed E-state index contributed by atoms with van der Waals surface area (Å²) < 4.78 is 95.5. The predicted octanol–water partition coefficient (Wildman–Crippen LogP) is 7.74. The van der Waals surface area contributed by atoms with E-state index in [0.29, 0.717) is 12.8 Å². The quantitative estimate of drug-likeness (QED) is 0.299. The van der Waals surface area contributed by atoms with Crippen LogP contribution in [0.15, 0.2) is 60.7 Å². The van der Waals surface area contributed by atoms with Gasteiger partial charge >= 0.3 is 12.2 Å². The molecular weight excluding hydrogens is 446 g/mol. The Balaban J connectivity index is 1.76. The van der Waals surface area contributed by atoms with Crippen LogP contribution in [0.25, 0.3) is 0 Å². The van der Waals surface area contributed by atoms with Crippen LogP contribution in [0.4, 0.5) is 26.3 Å². The zero-order valence-corrected chi connectivity index (χ0v) is 18.0. The first-order valence-electron chi connectivity index (χ1n) is 10.4. The van der Waals surface area contributed by atoms with Crippen LogP contribution in [0.1, 0.15) is 42.5 Å². The molecule has 33 heavy (non-hydrogen) atoms. The van der Waals surface area contributed by atoms with Crippen molar-refractivity contribution in [2.45, 2.75) is 45.3 Å². The number of hydrogen-bond acceptors (Lipinski definition) is 2. The van der Waals surface area contributed by atoms with E-state index >= 15 is 0 Å². The molecule has 0 spiro atoms. The van der Waals surface area contributed by atoms with Gasteiger partial charge in [0.05, 0.1) is 5.56 Å². The highest BCUT2D eigenvalue weighted by Gasteiger charge is 2.41. The summed E-state index contributed by atoms with van der Waals surface area (Å²) in [7, 11) is 0. The lowest BCUT2D eigenvalue weighted by Crippen LogP contribution is -2.25. The third-order valence-electron chi connectivity index (χ3n) is 4.95. The van der Waals surface area contributed by atoms with Crippen molar-refractivity contribution in [1.82, 2.24) is 0 Å². The second kappa shape index (κ2) is 9.77. The van der Waals surface area contributed by atoms with Crippen LogP contribution < -0.4 is 9.47 Å². The number of alkyl halides is 4. The molecule has 0 saturated carbocycles. The minimum atomic E-state index is -4.36. The highest BCUT2D eigenvalue weighted by atomic mass is 19.3. The second-order valence-electron chi connectivity index (χ2n) is 7.44. The smallest absolute Gasteiger partial charge is 0.429 e. The van der Waals surface area contributed by atoms with Crippen LogP contribution in [0.5, 0.6) is 11.5 Å². The van der Waals surface area contributed by atoms with Gasteiger partial charge in [0, 0.05) is 0 Å². The summed E-state index contributed by atoms with van der Waals surface area (Å²) >= 11 is 0. The lowest BCUT2D eigenvalue weighted by molar-refractivity contribution is -0.190. The molecule has 0 amide bonds. The molecule has 0 N–H and O–H groups in total. The number of ether oxygens (including phenoxy) is 2. The molecule has 3 aromatic rings. The minimum absolute atomic E-state index is 0.0680. The van der Waals surface area contributed by atoms with Crippen LogP contribution in [0.3, 0.4) is 0 Å². The van der Waals surface area contributed by atoms with Crippen molar-refractivity contribution >= 4 is 0 Å². The summed E-state index contributed by atoms with van der Waals surface area (Å²) in [6.45, 7) is 3.70. The van der Waals surface area contributed by atoms with E-state index in [-0.39, 0.29) is 11.3 Å². The third kappa shape index (κ3) is 5.80. The summed E-state index contributed by atoms with van der Waals surface area (Å²) in [5.74, 6) is -3.52. The van der Waals surface area contributed by atoms with Gasteiger partial charge in [0.2, 0.25) is 0 Å². The molecule has 8 heteroatoms. The molecule has 0 unspecified atom stereocenters. The largest absolute Gasteiger partial charge is 0.432 e. The summed E-state index contributed by atoms with van der Waals surface area (Å²) in [4.78, 5) is 0. The number of halogens is 6. The van der Waals surface area contributed by atoms with E-state index < -0.39 is 40.7 Å². The Hall–Kier alpha value is -3.16. The molecule has 0 radical (unpaired) electrons. The fraction of sp³-hybridized carbons (Fsp3) is 0.280. The van der Waals surface area contributed by atoms with Crippen molar-refractivity contribution in [3.8, 4) is 11.5 Å². The molecule has 0 saturated heterocycles. The van der Waals surface area contributed by atoms with Crippen LogP contribution in [0, 0.1) is 11.6 Å². The maximum atomic E-state index is 14.5. The minimum Gasteiger partial charge on any atom is -0.429 e. The highest BCUT2D eigenvalue weighted by molar-refractivity contribution is 5.34. The van der Waals surface area contributed by atoms with Gasteiger partial charge in [-0.1, -0.05) is 32.4 Å². The lowest BCUT2D eigenvalue weighted by atomic mass is 10.1. The zero-order valence-electron chi connectivity index (χ0n) is 18.0. The van der Waals surface area contributed by atoms with Gasteiger partial charge < -0.3 is 9.47 Å². The Morgan fingerprint density at radius 2 is 1.15 bits per heavy atom. The number of hydrogen-bond donors (Lipinski definition) is 0. The van der Waals surface area contributed by atoms with Crippen molar-refractivity contribution in [2.75, 3.05) is 0 Å². The molecule has 3 aromatic carbocycles. The topological polar surface area (TPSA) is 18.5 Å². The summed E-state index contributed by atoms with van der Waals surface area (Å²) in [5, 5.41) is 0. The molecular formula is C25H22F6O2. The monoisotopic (exact) mass is 468 g/mol. The van der Waals surface area contributed by atoms with Crippen molar-refractivity contribution in [3.05, 3.63) is 94.6 Å². The molecule has 2 nitrogen and oxygen atoms in total. The molecule has 0 aliphatic rings. The summed E-state index contributed by atoms with van der Waals surface area (Å²) in [6, 6.07) is 11.1. The predicted molar refractivity (Wildman–Crippen MR) is 112 cm³/mol. The maximum Gasteiger partial charge on any atom is 0.432 e. The maximum absolute atomic E-state index is 14.5. The first-order valence-corrected chi connectivity index (χ1v) is 10.4. The third-order valence-corrected chi connectivity index (χ3v) is 4.95. The standard InChI is InChI=1S/C25H22F6O2/c1-3-5-17-14-21(26)23(22(27)15-17)25(30,31)33-20-12-8-18(9-13-20)24(28,29)32-19-10-6-16(4-2)7-11-19/h6-15H,3-5H2,1-2H3. The van der Waals surface area contributed by atoms with E-state index in [0.717, 1.165) is 48.4 Å². The van der Waals surface area contributed by atoms with Crippen molar-refractivity contribution in [1.29, 1.82) is 0 Å². The summed E-state index contributed by atoms with van der Waals surface area (Å²) in [6.07, 6.45) is -6.47. The zero-order chi connectivity index (χ0) is 24.2. The molecule has 0 aliphatic heterocycles. The van der Waals surface area contributed by atoms with Gasteiger partial charge in [-0.25, -0.2) is 8.78 Å². The molecule has 0 aliphatic carbocycles. The van der Waals surface area contributed by atoms with Gasteiger partial charge in [-0.2, -0.15) is 17.6 Å². The molecule has 176 valence electrons. The summed E-state index contributed by atoms with van der Waals surface area (Å²) in [5.41, 5.74) is -0.974. The van der Waals surface area contributed by atoms with E-state index in [1.54, 1.807) is 19.1 Å². The van der Waals surface area contributed by atoms with Gasteiger partial charge in [0.25, 0.3) is 0 Å². The lowest BCUT2D eigenvalue weighted by Gasteiger charge is -2.21. The average molecular weight is 468 g/mol. The molecule has 0 bridgehead atoms. The fourth-order valence-corrected chi connectivity index (χ4v) is 3.25. The number of rotatable bonds is 9. The molecule has 0 heterocycles. The Morgan fingerprint density at radius 1 is 0.667 bits per heavy atom. The fourth-order valence-electron chi connectivity index (χ4n) is 3.25. The molecule has 3 rings (SSSR count). The van der Waals surface area contributed by atoms with E-state index in [1.807, 2.05) is 6.92 Å². The first-order chi connectivity index (χ1) is 15.6. The van der Waals surface area contributed by atoms with Gasteiger partial charge in [-0.15, -0.1) is 0 Å². The van der Waals surface area contributed by atoms with E-state index in [9.17, 15) is 26.3 Å². The van der Waals surface area contributed by atoms with Crippen molar-refractivity contribution in [2.24, 2.45) is 0 Å². The Morgan fingerprint density at radius 3 is 1.64 bits per heavy atom. The Bertz CT molecular complexity index is 1060. The van der Waals surface area contributed by atoms with E-state index in [1.165, 1.54) is 12.1 Å². The van der Waals surface area contributed by atoms with Gasteiger partial charge in [0.1, 0.15) is 28.7 Å². The van der Waals surface area contributed by atoms with Gasteiger partial charge in [0.15, 0.2) is 0 Å². The van der Waals surface area contributed by atoms with Crippen LogP contribution in [0.2, 0.25) is 0 Å². The van der Waals surface area contributed by atoms with Crippen molar-refractivity contribution in [3.63, 3.8) is 0 Å². The SMILES string of the molecule is CCCc1cc(F)c(C(F)(F)Oc2ccc(C(F)(F)Oc3ccc(CC)cc3)cc2)c(F)c1. The number of aryl methyl sites for hydroxylation is 2.